The molecule has 0 unspecified atom stereocenters. The first-order chi connectivity index (χ1) is 16.7. The van der Waals surface area contributed by atoms with Gasteiger partial charge in [-0.25, -0.2) is 9.78 Å². The van der Waals surface area contributed by atoms with Gasteiger partial charge in [-0.1, -0.05) is 18.2 Å². The number of benzene rings is 3. The van der Waals surface area contributed by atoms with Gasteiger partial charge in [-0.3, -0.25) is 4.57 Å². The van der Waals surface area contributed by atoms with Crippen LogP contribution >= 0.6 is 0 Å². The number of carbonyl (C=O) groups excluding carboxylic acids is 1. The van der Waals surface area contributed by atoms with Crippen LogP contribution in [0.3, 0.4) is 0 Å². The van der Waals surface area contributed by atoms with E-state index in [1.807, 2.05) is 37.3 Å². The van der Waals surface area contributed by atoms with Crippen molar-refractivity contribution in [2.75, 3.05) is 19.0 Å². The molecule has 182 valence electrons. The minimum absolute atomic E-state index is 0.299. The zero-order valence-corrected chi connectivity index (χ0v) is 19.4. The van der Waals surface area contributed by atoms with Gasteiger partial charge in [-0.2, -0.15) is 13.2 Å². The zero-order valence-electron chi connectivity index (χ0n) is 19.4. The van der Waals surface area contributed by atoms with E-state index in [0.717, 1.165) is 11.3 Å². The van der Waals surface area contributed by atoms with E-state index in [9.17, 15) is 18.0 Å². The number of alkyl halides is 3. The van der Waals surface area contributed by atoms with Crippen LogP contribution in [0.25, 0.3) is 16.7 Å². The van der Waals surface area contributed by atoms with Crippen molar-refractivity contribution in [1.29, 1.82) is 0 Å². The average Bonchev–Trinajstić information content (AvgIpc) is 3.23. The first-order valence-corrected chi connectivity index (χ1v) is 10.9. The molecule has 0 fully saturated rings. The first kappa shape index (κ1) is 24.1. The molecule has 0 radical (unpaired) electrons. The van der Waals surface area contributed by atoms with Crippen molar-refractivity contribution >= 4 is 22.7 Å². The lowest BCUT2D eigenvalue weighted by Gasteiger charge is -2.14. The minimum atomic E-state index is -4.28. The number of hydrogen-bond donors (Lipinski definition) is 1. The summed E-state index contributed by atoms with van der Waals surface area (Å²) in [4.78, 5) is 16.4. The normalized spacial score (nSPS) is 11.5. The number of fused-ring (bicyclic) bond motifs is 1. The third kappa shape index (κ3) is 5.40. The molecule has 0 aliphatic heterocycles. The Morgan fingerprint density at radius 1 is 1.06 bits per heavy atom. The van der Waals surface area contributed by atoms with Gasteiger partial charge in [0.2, 0.25) is 0 Å². The SMILES string of the molecule is COC(=O)c1ccc(-n2cnc3c(NCCC(F)(F)F)cc(Oc4ccccc4C)cc32)cc1C. The molecule has 0 bridgehead atoms. The van der Waals surface area contributed by atoms with Gasteiger partial charge < -0.3 is 14.8 Å². The van der Waals surface area contributed by atoms with Gasteiger partial charge in [0.15, 0.2) is 0 Å². The van der Waals surface area contributed by atoms with E-state index < -0.39 is 18.6 Å². The number of ether oxygens (including phenoxy) is 2. The summed E-state index contributed by atoms with van der Waals surface area (Å²) >= 11 is 0. The highest BCUT2D eigenvalue weighted by atomic mass is 19.4. The van der Waals surface area contributed by atoms with E-state index in [1.165, 1.54) is 7.11 Å². The Hall–Kier alpha value is -4.01. The van der Waals surface area contributed by atoms with Crippen LogP contribution < -0.4 is 10.1 Å². The third-order valence-corrected chi connectivity index (χ3v) is 5.56. The van der Waals surface area contributed by atoms with Gasteiger partial charge in [0, 0.05) is 24.4 Å². The topological polar surface area (TPSA) is 65.4 Å². The number of methoxy groups -OCH3 is 1. The number of carbonyl (C=O) groups is 1. The molecule has 0 saturated carbocycles. The number of halogens is 3. The monoisotopic (exact) mass is 483 g/mol. The maximum Gasteiger partial charge on any atom is 0.390 e. The average molecular weight is 483 g/mol. The molecule has 4 rings (SSSR count). The highest BCUT2D eigenvalue weighted by Crippen LogP contribution is 2.34. The zero-order chi connectivity index (χ0) is 25.2. The molecule has 6 nitrogen and oxygen atoms in total. The molecule has 3 aromatic carbocycles. The molecular weight excluding hydrogens is 459 g/mol. The molecule has 35 heavy (non-hydrogen) atoms. The van der Waals surface area contributed by atoms with E-state index in [2.05, 4.69) is 10.3 Å². The van der Waals surface area contributed by atoms with E-state index >= 15 is 0 Å². The quantitative estimate of drug-likeness (QED) is 0.301. The molecule has 9 heteroatoms. The van der Waals surface area contributed by atoms with Crippen LogP contribution in [0.1, 0.15) is 27.9 Å². The van der Waals surface area contributed by atoms with Gasteiger partial charge in [0.05, 0.1) is 30.3 Å². The molecule has 0 aliphatic carbocycles. The number of hydrogen-bond acceptors (Lipinski definition) is 5. The summed E-state index contributed by atoms with van der Waals surface area (Å²) in [6.07, 6.45) is -3.67. The number of anilines is 1. The van der Waals surface area contributed by atoms with E-state index in [-0.39, 0.29) is 6.54 Å². The maximum absolute atomic E-state index is 12.7. The van der Waals surface area contributed by atoms with Crippen molar-refractivity contribution in [3.05, 3.63) is 77.6 Å². The number of nitrogens with zero attached hydrogens (tertiary/aromatic N) is 2. The predicted molar refractivity (Wildman–Crippen MR) is 128 cm³/mol. The van der Waals surface area contributed by atoms with Crippen molar-refractivity contribution < 1.29 is 27.4 Å². The first-order valence-electron chi connectivity index (χ1n) is 10.9. The lowest BCUT2D eigenvalue weighted by Crippen LogP contribution is -2.14. The van der Waals surface area contributed by atoms with Gasteiger partial charge in [0.1, 0.15) is 23.3 Å². The molecule has 1 N–H and O–H groups in total. The van der Waals surface area contributed by atoms with E-state index in [4.69, 9.17) is 9.47 Å². The lowest BCUT2D eigenvalue weighted by molar-refractivity contribution is -0.131. The highest BCUT2D eigenvalue weighted by molar-refractivity contribution is 5.93. The van der Waals surface area contributed by atoms with Crippen LogP contribution in [-0.4, -0.2) is 35.4 Å². The highest BCUT2D eigenvalue weighted by Gasteiger charge is 2.26. The van der Waals surface area contributed by atoms with Gasteiger partial charge in [-0.05, 0) is 49.2 Å². The summed E-state index contributed by atoms with van der Waals surface area (Å²) in [5, 5.41) is 2.86. The fourth-order valence-corrected chi connectivity index (χ4v) is 3.76. The summed E-state index contributed by atoms with van der Waals surface area (Å²) in [6, 6.07) is 16.1. The molecule has 0 saturated heterocycles. The smallest absolute Gasteiger partial charge is 0.390 e. The number of aromatic nitrogens is 2. The van der Waals surface area contributed by atoms with Gasteiger partial charge in [-0.15, -0.1) is 0 Å². The minimum Gasteiger partial charge on any atom is -0.465 e. The van der Waals surface area contributed by atoms with E-state index in [1.54, 1.807) is 42.1 Å². The summed E-state index contributed by atoms with van der Waals surface area (Å²) in [5.41, 5.74) is 4.37. The van der Waals surface area contributed by atoms with Crippen LogP contribution in [-0.2, 0) is 4.74 Å². The Balaban J connectivity index is 1.78. The second-order valence-electron chi connectivity index (χ2n) is 8.10. The fraction of sp³-hybridized carbons (Fsp3) is 0.231. The second kappa shape index (κ2) is 9.69. The van der Waals surface area contributed by atoms with Crippen LogP contribution in [0.5, 0.6) is 11.5 Å². The third-order valence-electron chi connectivity index (χ3n) is 5.56. The largest absolute Gasteiger partial charge is 0.465 e. The number of imidazole rings is 1. The number of para-hydroxylation sites is 1. The van der Waals surface area contributed by atoms with Crippen LogP contribution in [0.4, 0.5) is 18.9 Å². The molecule has 0 spiro atoms. The fourth-order valence-electron chi connectivity index (χ4n) is 3.76. The summed E-state index contributed by atoms with van der Waals surface area (Å²) in [5.74, 6) is 0.651. The van der Waals surface area contributed by atoms with E-state index in [0.29, 0.717) is 39.3 Å². The van der Waals surface area contributed by atoms with Gasteiger partial charge in [0.25, 0.3) is 0 Å². The summed E-state index contributed by atoms with van der Waals surface area (Å²) < 4.78 is 50.9. The molecular formula is C26H24F3N3O3. The number of rotatable bonds is 7. The molecule has 1 heterocycles. The van der Waals surface area contributed by atoms with Gasteiger partial charge >= 0.3 is 12.1 Å². The van der Waals surface area contributed by atoms with Crippen LogP contribution in [0.2, 0.25) is 0 Å². The predicted octanol–water partition coefficient (Wildman–Crippen LogP) is 6.59. The van der Waals surface area contributed by atoms with Crippen molar-refractivity contribution in [2.24, 2.45) is 0 Å². The number of aryl methyl sites for hydroxylation is 2. The van der Waals surface area contributed by atoms with Crippen LogP contribution in [0.15, 0.2) is 60.9 Å². The molecule has 0 amide bonds. The number of esters is 1. The molecule has 1 aromatic heterocycles. The Morgan fingerprint density at radius 3 is 2.51 bits per heavy atom. The standard InChI is InChI=1S/C26H24F3N3O3/c1-16-6-4-5-7-23(16)35-19-13-21(30-11-10-26(27,28)29)24-22(14-19)32(15-31-24)18-8-9-20(17(2)12-18)25(33)34-3/h4-9,12-15,30H,10-11H2,1-3H3. The molecule has 4 aromatic rings. The molecule has 0 atom stereocenters. The van der Waals surface area contributed by atoms with Crippen LogP contribution in [0, 0.1) is 13.8 Å². The summed E-state index contributed by atoms with van der Waals surface area (Å²) in [6.45, 7) is 3.41. The maximum atomic E-state index is 12.7. The lowest BCUT2D eigenvalue weighted by atomic mass is 10.1. The number of nitrogens with one attached hydrogen (secondary N) is 1. The van der Waals surface area contributed by atoms with Crippen molar-refractivity contribution in [1.82, 2.24) is 9.55 Å². The summed E-state index contributed by atoms with van der Waals surface area (Å²) in [7, 11) is 1.32. The second-order valence-corrected chi connectivity index (χ2v) is 8.10. The van der Waals surface area contributed by atoms with Crippen molar-refractivity contribution in [3.8, 4) is 17.2 Å². The Labute approximate surface area is 200 Å². The Bertz CT molecular complexity index is 1380. The molecule has 0 aliphatic rings. The Morgan fingerprint density at radius 2 is 1.83 bits per heavy atom. The van der Waals surface area contributed by atoms with Crippen molar-refractivity contribution in [3.63, 3.8) is 0 Å². The van der Waals surface area contributed by atoms with Crippen molar-refractivity contribution in [2.45, 2.75) is 26.4 Å². The Kier molecular flexibility index (Phi) is 6.68.